The van der Waals surface area contributed by atoms with E-state index in [0.717, 1.165) is 12.5 Å². The van der Waals surface area contributed by atoms with Crippen LogP contribution >= 0.6 is 0 Å². The van der Waals surface area contributed by atoms with Gasteiger partial charge in [-0.25, -0.2) is 5.01 Å². The molecule has 0 fully saturated rings. The van der Waals surface area contributed by atoms with Crippen LogP contribution in [0.5, 0.6) is 5.75 Å². The van der Waals surface area contributed by atoms with Gasteiger partial charge in [0.15, 0.2) is 0 Å². The Hall–Kier alpha value is -2.44. The van der Waals surface area contributed by atoms with Crippen LogP contribution in [0.1, 0.15) is 18.9 Å². The van der Waals surface area contributed by atoms with Crippen LogP contribution < -0.4 is 0 Å². The molecule has 1 aromatic carbocycles. The Kier molecular flexibility index (Phi) is 4.79. The zero-order chi connectivity index (χ0) is 13.5. The lowest BCUT2D eigenvalue weighted by atomic mass is 10.2. The number of carbonyl (C=O) groups is 1. The summed E-state index contributed by atoms with van der Waals surface area (Å²) < 4.78 is 0. The van der Waals surface area contributed by atoms with Crippen molar-refractivity contribution < 1.29 is 14.8 Å². The maximum absolute atomic E-state index is 10.6. The van der Waals surface area contributed by atoms with Gasteiger partial charge >= 0.3 is 0 Å². The highest BCUT2D eigenvalue weighted by molar-refractivity contribution is 5.84. The molecule has 7 nitrogen and oxygen atoms in total. The van der Waals surface area contributed by atoms with Crippen molar-refractivity contribution in [3.63, 3.8) is 0 Å². The number of hydrazone groups is 1. The summed E-state index contributed by atoms with van der Waals surface area (Å²) in [6.45, 7) is 2.36. The SMILES string of the molecule is CCCN(C=O)/N=C/c1ccc([N+](=O)[O-])cc1O. The summed E-state index contributed by atoms with van der Waals surface area (Å²) in [5.41, 5.74) is 0.106. The summed E-state index contributed by atoms with van der Waals surface area (Å²) in [4.78, 5) is 20.5. The second kappa shape index (κ2) is 6.33. The minimum atomic E-state index is -0.602. The van der Waals surface area contributed by atoms with Gasteiger partial charge in [-0.15, -0.1) is 0 Å². The molecule has 0 unspecified atom stereocenters. The van der Waals surface area contributed by atoms with Crippen molar-refractivity contribution in [1.82, 2.24) is 5.01 Å². The Bertz CT molecular complexity index is 473. The van der Waals surface area contributed by atoms with Crippen molar-refractivity contribution in [3.8, 4) is 5.75 Å². The van der Waals surface area contributed by atoms with Crippen molar-refractivity contribution in [1.29, 1.82) is 0 Å². The van der Waals surface area contributed by atoms with Crippen LogP contribution in [-0.2, 0) is 4.79 Å². The van der Waals surface area contributed by atoms with Crippen molar-refractivity contribution in [2.45, 2.75) is 13.3 Å². The summed E-state index contributed by atoms with van der Waals surface area (Å²) in [5.74, 6) is -0.254. The van der Waals surface area contributed by atoms with E-state index in [9.17, 15) is 20.0 Å². The minimum absolute atomic E-state index is 0.203. The first-order valence-corrected chi connectivity index (χ1v) is 5.31. The number of amides is 1. The van der Waals surface area contributed by atoms with E-state index in [1.807, 2.05) is 6.92 Å². The first kappa shape index (κ1) is 13.6. The van der Waals surface area contributed by atoms with E-state index in [-0.39, 0.29) is 11.4 Å². The van der Waals surface area contributed by atoms with E-state index >= 15 is 0 Å². The number of nitro groups is 1. The zero-order valence-corrected chi connectivity index (χ0v) is 9.81. The van der Waals surface area contributed by atoms with E-state index in [1.54, 1.807) is 0 Å². The molecule has 0 saturated carbocycles. The Morgan fingerprint density at radius 3 is 2.78 bits per heavy atom. The van der Waals surface area contributed by atoms with Gasteiger partial charge in [0.05, 0.1) is 17.2 Å². The standard InChI is InChI=1S/C11H13N3O4/c1-2-5-13(8-15)12-7-9-3-4-10(14(17)18)6-11(9)16/h3-4,6-8,16H,2,5H2,1H3/b12-7+. The molecule has 0 radical (unpaired) electrons. The highest BCUT2D eigenvalue weighted by Gasteiger charge is 2.08. The fourth-order valence-electron chi connectivity index (χ4n) is 1.26. The van der Waals surface area contributed by atoms with Crippen molar-refractivity contribution in [3.05, 3.63) is 33.9 Å². The molecular weight excluding hydrogens is 238 g/mol. The molecule has 0 bridgehead atoms. The summed E-state index contributed by atoms with van der Waals surface area (Å²) in [5, 5.41) is 25.1. The maximum atomic E-state index is 10.6. The monoisotopic (exact) mass is 251 g/mol. The van der Waals surface area contributed by atoms with Gasteiger partial charge in [0.1, 0.15) is 5.75 Å². The number of hydrogen-bond acceptors (Lipinski definition) is 5. The third kappa shape index (κ3) is 3.55. The number of nitro benzene ring substituents is 1. The molecule has 0 heterocycles. The molecule has 0 saturated heterocycles. The van der Waals surface area contributed by atoms with E-state index in [2.05, 4.69) is 5.10 Å². The van der Waals surface area contributed by atoms with Gasteiger partial charge in [-0.1, -0.05) is 6.92 Å². The summed E-state index contributed by atoms with van der Waals surface area (Å²) in [6, 6.07) is 3.66. The van der Waals surface area contributed by atoms with Gasteiger partial charge in [0, 0.05) is 18.2 Å². The summed E-state index contributed by atoms with van der Waals surface area (Å²) in [6.07, 6.45) is 2.61. The number of phenols is 1. The average Bonchev–Trinajstić information content (AvgIpc) is 2.35. The molecule has 1 rings (SSSR count). The highest BCUT2D eigenvalue weighted by Crippen LogP contribution is 2.21. The minimum Gasteiger partial charge on any atom is -0.507 e. The molecule has 0 aliphatic rings. The second-order valence-corrected chi connectivity index (χ2v) is 3.51. The van der Waals surface area contributed by atoms with Crippen LogP contribution in [0.2, 0.25) is 0 Å². The molecule has 0 spiro atoms. The van der Waals surface area contributed by atoms with Gasteiger partial charge in [0.25, 0.3) is 5.69 Å². The molecule has 18 heavy (non-hydrogen) atoms. The number of rotatable bonds is 6. The fourth-order valence-corrected chi connectivity index (χ4v) is 1.26. The van der Waals surface area contributed by atoms with E-state index < -0.39 is 4.92 Å². The third-order valence-electron chi connectivity index (χ3n) is 2.14. The lowest BCUT2D eigenvalue weighted by Crippen LogP contribution is -2.15. The molecule has 0 aliphatic carbocycles. The predicted molar refractivity (Wildman–Crippen MR) is 65.4 cm³/mol. The van der Waals surface area contributed by atoms with Crippen molar-refractivity contribution in [2.75, 3.05) is 6.54 Å². The molecule has 0 aliphatic heterocycles. The number of hydrogen-bond donors (Lipinski definition) is 1. The van der Waals surface area contributed by atoms with Gasteiger partial charge in [-0.05, 0) is 12.5 Å². The van der Waals surface area contributed by atoms with Crippen LogP contribution in [0.25, 0.3) is 0 Å². The molecule has 7 heteroatoms. The molecule has 1 amide bonds. The Labute approximate surface area is 103 Å². The number of phenolic OH excluding ortho intramolecular Hbond substituents is 1. The Morgan fingerprint density at radius 2 is 2.28 bits per heavy atom. The average molecular weight is 251 g/mol. The van der Waals surface area contributed by atoms with Gasteiger partial charge in [0.2, 0.25) is 6.41 Å². The molecule has 0 aromatic heterocycles. The molecule has 1 N–H and O–H groups in total. The lowest BCUT2D eigenvalue weighted by Gasteiger charge is -2.08. The number of nitrogens with zero attached hydrogens (tertiary/aromatic N) is 3. The number of aromatic hydroxyl groups is 1. The van der Waals surface area contributed by atoms with Crippen LogP contribution in [0.4, 0.5) is 5.69 Å². The Balaban J connectivity index is 2.87. The smallest absolute Gasteiger partial charge is 0.273 e. The van der Waals surface area contributed by atoms with Gasteiger partial charge in [-0.2, -0.15) is 5.10 Å². The fraction of sp³-hybridized carbons (Fsp3) is 0.273. The van der Waals surface area contributed by atoms with Crippen LogP contribution in [0, 0.1) is 10.1 Å². The molecule has 96 valence electrons. The van der Waals surface area contributed by atoms with E-state index in [4.69, 9.17) is 0 Å². The predicted octanol–water partition coefficient (Wildman–Crippen LogP) is 1.50. The highest BCUT2D eigenvalue weighted by atomic mass is 16.6. The lowest BCUT2D eigenvalue weighted by molar-refractivity contribution is -0.384. The first-order chi connectivity index (χ1) is 8.58. The number of non-ortho nitro benzene ring substituents is 1. The van der Waals surface area contributed by atoms with Crippen LogP contribution in [-0.4, -0.2) is 34.2 Å². The number of carbonyl (C=O) groups excluding carboxylic acids is 1. The molecule has 1 aromatic rings. The second-order valence-electron chi connectivity index (χ2n) is 3.51. The zero-order valence-electron chi connectivity index (χ0n) is 9.81. The van der Waals surface area contributed by atoms with Crippen molar-refractivity contribution >= 4 is 18.3 Å². The molecule has 0 atom stereocenters. The molecular formula is C11H13N3O4. The van der Waals surface area contributed by atoms with E-state index in [0.29, 0.717) is 18.5 Å². The largest absolute Gasteiger partial charge is 0.507 e. The topological polar surface area (TPSA) is 96.0 Å². The maximum Gasteiger partial charge on any atom is 0.273 e. The normalized spacial score (nSPS) is 10.5. The van der Waals surface area contributed by atoms with Crippen LogP contribution in [0.15, 0.2) is 23.3 Å². The summed E-state index contributed by atoms with van der Waals surface area (Å²) >= 11 is 0. The van der Waals surface area contributed by atoms with Crippen LogP contribution in [0.3, 0.4) is 0 Å². The quantitative estimate of drug-likeness (QED) is 0.358. The van der Waals surface area contributed by atoms with Gasteiger partial charge < -0.3 is 5.11 Å². The third-order valence-corrected chi connectivity index (χ3v) is 2.14. The van der Waals surface area contributed by atoms with Gasteiger partial charge in [-0.3, -0.25) is 14.9 Å². The van der Waals surface area contributed by atoms with E-state index in [1.165, 1.54) is 23.4 Å². The van der Waals surface area contributed by atoms with Crippen molar-refractivity contribution in [2.24, 2.45) is 5.10 Å². The number of benzene rings is 1. The first-order valence-electron chi connectivity index (χ1n) is 5.31. The summed E-state index contributed by atoms with van der Waals surface area (Å²) in [7, 11) is 0. The Morgan fingerprint density at radius 1 is 1.56 bits per heavy atom.